The molecule has 0 bridgehead atoms. The minimum absolute atomic E-state index is 0.0559. The fourth-order valence-corrected chi connectivity index (χ4v) is 3.82. The van der Waals surface area contributed by atoms with Gasteiger partial charge in [0.2, 0.25) is 0 Å². The molecule has 1 saturated heterocycles. The van der Waals surface area contributed by atoms with Gasteiger partial charge >= 0.3 is 0 Å². The molecule has 3 rings (SSSR count). The van der Waals surface area contributed by atoms with Gasteiger partial charge in [-0.1, -0.05) is 23.7 Å². The lowest BCUT2D eigenvalue weighted by molar-refractivity contribution is 0.0739. The molecule has 0 unspecified atom stereocenters. The molecule has 2 aromatic carbocycles. The van der Waals surface area contributed by atoms with Crippen LogP contribution in [0.3, 0.4) is 0 Å². The summed E-state index contributed by atoms with van der Waals surface area (Å²) in [5.74, 6) is -1.40. The second-order valence-corrected chi connectivity index (χ2v) is 7.94. The molecule has 0 radical (unpaired) electrons. The molecule has 1 amide bonds. The summed E-state index contributed by atoms with van der Waals surface area (Å²) in [7, 11) is 1.69. The summed E-state index contributed by atoms with van der Waals surface area (Å²) in [6.07, 6.45) is 3.01. The summed E-state index contributed by atoms with van der Waals surface area (Å²) in [6.45, 7) is 3.59. The van der Waals surface area contributed by atoms with Gasteiger partial charge in [-0.3, -0.25) is 4.79 Å². The SMILES string of the molecule is CN(CC1CCN(CCc2ccc(Cl)cc2)CC1)C(=O)c1cc(F)cc(F)c1. The van der Waals surface area contributed by atoms with Gasteiger partial charge in [-0.05, 0) is 68.1 Å². The molecule has 6 heteroatoms. The number of halogens is 3. The second kappa shape index (κ2) is 9.48. The van der Waals surface area contributed by atoms with E-state index in [4.69, 9.17) is 11.6 Å². The summed E-state index contributed by atoms with van der Waals surface area (Å²) >= 11 is 5.92. The van der Waals surface area contributed by atoms with Crippen molar-refractivity contribution in [1.29, 1.82) is 0 Å². The monoisotopic (exact) mass is 406 g/mol. The largest absolute Gasteiger partial charge is 0.341 e. The molecule has 0 saturated carbocycles. The Labute approximate surface area is 169 Å². The average molecular weight is 407 g/mol. The van der Waals surface area contributed by atoms with E-state index in [9.17, 15) is 13.6 Å². The number of piperidine rings is 1. The van der Waals surface area contributed by atoms with Crippen LogP contribution in [0.25, 0.3) is 0 Å². The molecule has 1 aliphatic heterocycles. The quantitative estimate of drug-likeness (QED) is 0.697. The molecule has 150 valence electrons. The number of amides is 1. The van der Waals surface area contributed by atoms with Gasteiger partial charge in [0.05, 0.1) is 0 Å². The lowest BCUT2D eigenvalue weighted by atomic mass is 9.95. The summed E-state index contributed by atoms with van der Waals surface area (Å²) in [5, 5.41) is 0.754. The van der Waals surface area contributed by atoms with Crippen LogP contribution in [0.15, 0.2) is 42.5 Å². The Morgan fingerprint density at radius 2 is 1.71 bits per heavy atom. The van der Waals surface area contributed by atoms with Crippen molar-refractivity contribution >= 4 is 17.5 Å². The van der Waals surface area contributed by atoms with Gasteiger partial charge in [0.25, 0.3) is 5.91 Å². The highest BCUT2D eigenvalue weighted by Crippen LogP contribution is 2.20. The minimum Gasteiger partial charge on any atom is -0.341 e. The molecule has 0 N–H and O–H groups in total. The van der Waals surface area contributed by atoms with E-state index >= 15 is 0 Å². The maximum Gasteiger partial charge on any atom is 0.253 e. The van der Waals surface area contributed by atoms with Gasteiger partial charge in [0.1, 0.15) is 11.6 Å². The lowest BCUT2D eigenvalue weighted by Gasteiger charge is -2.34. The standard InChI is InChI=1S/C22H25ClF2N2O/c1-26(22(28)18-12-20(24)14-21(25)13-18)15-17-7-10-27(11-8-17)9-6-16-2-4-19(23)5-3-16/h2-5,12-14,17H,6-11,15H2,1H3. The van der Waals surface area contributed by atoms with Crippen molar-refractivity contribution < 1.29 is 13.6 Å². The second-order valence-electron chi connectivity index (χ2n) is 7.51. The molecular weight excluding hydrogens is 382 g/mol. The Bertz CT molecular complexity index is 784. The highest BCUT2D eigenvalue weighted by Gasteiger charge is 2.23. The van der Waals surface area contributed by atoms with Crippen LogP contribution < -0.4 is 0 Å². The van der Waals surface area contributed by atoms with E-state index in [1.54, 1.807) is 11.9 Å². The Morgan fingerprint density at radius 1 is 1.11 bits per heavy atom. The third-order valence-corrected chi connectivity index (χ3v) is 5.58. The van der Waals surface area contributed by atoms with Crippen molar-refractivity contribution in [3.05, 3.63) is 70.2 Å². The van der Waals surface area contributed by atoms with Gasteiger partial charge in [0, 0.05) is 36.8 Å². The van der Waals surface area contributed by atoms with E-state index in [-0.39, 0.29) is 11.5 Å². The minimum atomic E-state index is -0.731. The summed E-state index contributed by atoms with van der Waals surface area (Å²) in [4.78, 5) is 16.5. The molecule has 1 aliphatic rings. The van der Waals surface area contributed by atoms with Crippen molar-refractivity contribution in [2.45, 2.75) is 19.3 Å². The van der Waals surface area contributed by atoms with Crippen LogP contribution in [-0.4, -0.2) is 48.9 Å². The molecule has 0 aromatic heterocycles. The van der Waals surface area contributed by atoms with Gasteiger partial charge in [-0.2, -0.15) is 0 Å². The first-order chi connectivity index (χ1) is 13.4. The van der Waals surface area contributed by atoms with E-state index in [0.29, 0.717) is 12.5 Å². The zero-order chi connectivity index (χ0) is 20.1. The molecule has 0 atom stereocenters. The Kier molecular flexibility index (Phi) is 7.03. The Morgan fingerprint density at radius 3 is 2.32 bits per heavy atom. The topological polar surface area (TPSA) is 23.6 Å². The van der Waals surface area contributed by atoms with E-state index < -0.39 is 11.6 Å². The molecule has 0 spiro atoms. The van der Waals surface area contributed by atoms with Gasteiger partial charge in [-0.25, -0.2) is 8.78 Å². The molecule has 1 fully saturated rings. The number of likely N-dealkylation sites (tertiary alicyclic amines) is 1. The number of hydrogen-bond acceptors (Lipinski definition) is 2. The van der Waals surface area contributed by atoms with Crippen LogP contribution >= 0.6 is 11.6 Å². The van der Waals surface area contributed by atoms with E-state index in [1.807, 2.05) is 12.1 Å². The number of nitrogens with zero attached hydrogens (tertiary/aromatic N) is 2. The lowest BCUT2D eigenvalue weighted by Crippen LogP contribution is -2.40. The van der Waals surface area contributed by atoms with Crippen LogP contribution in [0.1, 0.15) is 28.8 Å². The van der Waals surface area contributed by atoms with Crippen molar-refractivity contribution in [3.63, 3.8) is 0 Å². The van der Waals surface area contributed by atoms with E-state index in [2.05, 4.69) is 17.0 Å². The predicted octanol–water partition coefficient (Wildman–Crippen LogP) is 4.64. The smallest absolute Gasteiger partial charge is 0.253 e. The third kappa shape index (κ3) is 5.76. The molecule has 2 aromatic rings. The molecule has 28 heavy (non-hydrogen) atoms. The van der Waals surface area contributed by atoms with Crippen LogP contribution in [0, 0.1) is 17.6 Å². The van der Waals surface area contributed by atoms with Crippen molar-refractivity contribution in [3.8, 4) is 0 Å². The average Bonchev–Trinajstić information content (AvgIpc) is 2.67. The summed E-state index contributed by atoms with van der Waals surface area (Å²) in [6, 6.07) is 10.9. The van der Waals surface area contributed by atoms with E-state index in [0.717, 1.165) is 62.1 Å². The number of carbonyl (C=O) groups is 1. The number of benzene rings is 2. The highest BCUT2D eigenvalue weighted by molar-refractivity contribution is 6.30. The number of hydrogen-bond donors (Lipinski definition) is 0. The molecule has 0 aliphatic carbocycles. The zero-order valence-corrected chi connectivity index (χ0v) is 16.8. The maximum atomic E-state index is 13.3. The first-order valence-electron chi connectivity index (χ1n) is 9.59. The van der Waals surface area contributed by atoms with Crippen LogP contribution in [0.4, 0.5) is 8.78 Å². The molecule has 3 nitrogen and oxygen atoms in total. The van der Waals surface area contributed by atoms with Gasteiger partial charge in [-0.15, -0.1) is 0 Å². The fourth-order valence-electron chi connectivity index (χ4n) is 3.70. The maximum absolute atomic E-state index is 13.3. The predicted molar refractivity (Wildman–Crippen MR) is 108 cm³/mol. The van der Waals surface area contributed by atoms with Crippen molar-refractivity contribution in [2.75, 3.05) is 33.2 Å². The Hall–Kier alpha value is -1.98. The molecule has 1 heterocycles. The van der Waals surface area contributed by atoms with Crippen LogP contribution in [0.2, 0.25) is 5.02 Å². The van der Waals surface area contributed by atoms with Gasteiger partial charge in [0.15, 0.2) is 0 Å². The van der Waals surface area contributed by atoms with Crippen LogP contribution in [0.5, 0.6) is 0 Å². The van der Waals surface area contributed by atoms with Gasteiger partial charge < -0.3 is 9.80 Å². The van der Waals surface area contributed by atoms with E-state index in [1.165, 1.54) is 5.56 Å². The highest BCUT2D eigenvalue weighted by atomic mass is 35.5. The fraction of sp³-hybridized carbons (Fsp3) is 0.409. The summed E-state index contributed by atoms with van der Waals surface area (Å²) in [5.41, 5.74) is 1.33. The third-order valence-electron chi connectivity index (χ3n) is 5.33. The van der Waals surface area contributed by atoms with Crippen molar-refractivity contribution in [1.82, 2.24) is 9.80 Å². The van der Waals surface area contributed by atoms with Crippen molar-refractivity contribution in [2.24, 2.45) is 5.92 Å². The first-order valence-corrected chi connectivity index (χ1v) is 9.97. The Balaban J connectivity index is 1.44. The number of rotatable bonds is 6. The first kappa shape index (κ1) is 20.7. The normalized spacial score (nSPS) is 15.6. The summed E-state index contributed by atoms with van der Waals surface area (Å²) < 4.78 is 26.7. The zero-order valence-electron chi connectivity index (χ0n) is 16.0. The van der Waals surface area contributed by atoms with Crippen LogP contribution in [-0.2, 0) is 6.42 Å². The molecular formula is C22H25ClF2N2O. The number of carbonyl (C=O) groups excluding carboxylic acids is 1.